The van der Waals surface area contributed by atoms with Crippen molar-refractivity contribution < 1.29 is 58.4 Å². The number of Topliss-reactive ketones (excluding diaryl/α,β-unsaturated/α-hetero) is 1. The standard InChI is InChI=1S/C38H67NO12/c1-18-16-37(8,45)34(51-36-30(42)26(39(10)11)15-19(2)47-36)22(5)31(49-27-17-38(9,46-12)33(43)24(7)48-27)23(6)35(44)50-32(25-13-14-25)21(4)29(41)20(3)28(18)40/h18-27,29-34,36,41-43,45H,13-17H2,1-12H3. The Morgan fingerprint density at radius 2 is 1.47 bits per heavy atom. The van der Waals surface area contributed by atoms with E-state index in [0.29, 0.717) is 6.42 Å². The van der Waals surface area contributed by atoms with E-state index in [1.165, 1.54) is 7.11 Å². The van der Waals surface area contributed by atoms with Crippen LogP contribution in [0.1, 0.15) is 94.4 Å². The van der Waals surface area contributed by atoms with Gasteiger partial charge in [-0.1, -0.05) is 27.7 Å². The number of hydrogen-bond acceptors (Lipinski definition) is 13. The molecule has 0 radical (unpaired) electrons. The van der Waals surface area contributed by atoms with Crippen LogP contribution in [0.5, 0.6) is 0 Å². The maximum atomic E-state index is 14.2. The fourth-order valence-corrected chi connectivity index (χ4v) is 8.81. The molecule has 0 aromatic carbocycles. The third-order valence-corrected chi connectivity index (χ3v) is 12.4. The third kappa shape index (κ3) is 9.35. The molecule has 13 heteroatoms. The van der Waals surface area contributed by atoms with Gasteiger partial charge in [0.15, 0.2) is 12.6 Å². The van der Waals surface area contributed by atoms with Gasteiger partial charge in [0, 0.05) is 43.2 Å². The highest BCUT2D eigenvalue weighted by atomic mass is 16.7. The second-order valence-electron chi connectivity index (χ2n) is 17.1. The van der Waals surface area contributed by atoms with Gasteiger partial charge in [0.25, 0.3) is 0 Å². The van der Waals surface area contributed by atoms with Gasteiger partial charge in [-0.3, -0.25) is 9.59 Å². The van der Waals surface area contributed by atoms with Crippen molar-refractivity contribution in [3.8, 4) is 0 Å². The number of nitrogens with zero attached hydrogens (tertiary/aromatic N) is 1. The summed E-state index contributed by atoms with van der Waals surface area (Å²) < 4.78 is 37.6. The summed E-state index contributed by atoms with van der Waals surface area (Å²) in [4.78, 5) is 30.0. The first-order chi connectivity index (χ1) is 23.6. The summed E-state index contributed by atoms with van der Waals surface area (Å²) >= 11 is 0. The van der Waals surface area contributed by atoms with E-state index in [1.54, 1.807) is 48.5 Å². The SMILES string of the molecule is COC1(C)CC(OC2C(C)C(=O)OC(C3CC3)C(C)C(O)C(C)C(=O)C(C)CC(C)(O)C(OC3OC(C)CC(N(C)C)C3O)C2C)OC(C)C1O. The van der Waals surface area contributed by atoms with Crippen LogP contribution in [0, 0.1) is 35.5 Å². The maximum absolute atomic E-state index is 14.2. The maximum Gasteiger partial charge on any atom is 0.311 e. The lowest BCUT2D eigenvalue weighted by molar-refractivity contribution is -0.317. The van der Waals surface area contributed by atoms with Crippen molar-refractivity contribution in [2.75, 3.05) is 21.2 Å². The lowest BCUT2D eigenvalue weighted by Crippen LogP contribution is -2.60. The minimum Gasteiger partial charge on any atom is -0.461 e. The van der Waals surface area contributed by atoms with Crippen LogP contribution in [-0.2, 0) is 38.0 Å². The molecule has 4 N–H and O–H groups in total. The highest BCUT2D eigenvalue weighted by Crippen LogP contribution is 2.43. The lowest BCUT2D eigenvalue weighted by Gasteiger charge is -2.49. The van der Waals surface area contributed by atoms with Crippen LogP contribution in [-0.4, -0.2) is 137 Å². The minimum absolute atomic E-state index is 0.0374. The molecule has 296 valence electrons. The molecular formula is C38H67NO12. The number of aliphatic hydroxyl groups is 4. The topological polar surface area (TPSA) is 174 Å². The predicted octanol–water partition coefficient (Wildman–Crippen LogP) is 2.67. The Morgan fingerprint density at radius 1 is 0.843 bits per heavy atom. The van der Waals surface area contributed by atoms with E-state index in [-0.39, 0.29) is 36.7 Å². The summed E-state index contributed by atoms with van der Waals surface area (Å²) in [5.41, 5.74) is -2.73. The van der Waals surface area contributed by atoms with Gasteiger partial charge >= 0.3 is 5.97 Å². The van der Waals surface area contributed by atoms with Crippen LogP contribution < -0.4 is 0 Å². The molecule has 18 unspecified atom stereocenters. The summed E-state index contributed by atoms with van der Waals surface area (Å²) in [6.45, 7) is 15.7. The number of carbonyl (C=O) groups excluding carboxylic acids is 2. The summed E-state index contributed by atoms with van der Waals surface area (Å²) in [6, 6.07) is -0.294. The van der Waals surface area contributed by atoms with Gasteiger partial charge in [-0.2, -0.15) is 0 Å². The van der Waals surface area contributed by atoms with E-state index in [4.69, 9.17) is 28.4 Å². The molecule has 3 saturated heterocycles. The number of esters is 1. The molecule has 4 rings (SSSR count). The quantitative estimate of drug-likeness (QED) is 0.282. The molecule has 4 fully saturated rings. The molecule has 18 atom stereocenters. The zero-order valence-corrected chi connectivity index (χ0v) is 32.9. The number of cyclic esters (lactones) is 1. The lowest BCUT2D eigenvalue weighted by atomic mass is 9.74. The Balaban J connectivity index is 1.80. The number of rotatable bonds is 7. The van der Waals surface area contributed by atoms with E-state index in [0.717, 1.165) is 12.8 Å². The number of methoxy groups -OCH3 is 1. The monoisotopic (exact) mass is 729 g/mol. The van der Waals surface area contributed by atoms with Crippen LogP contribution in [0.15, 0.2) is 0 Å². The van der Waals surface area contributed by atoms with Gasteiger partial charge in [0.05, 0.1) is 47.6 Å². The summed E-state index contributed by atoms with van der Waals surface area (Å²) in [7, 11) is 5.25. The molecule has 0 bridgehead atoms. The molecule has 3 heterocycles. The number of ketones is 1. The molecule has 4 aliphatic rings. The van der Waals surface area contributed by atoms with Gasteiger partial charge in [-0.05, 0) is 80.3 Å². The molecule has 0 aromatic heterocycles. The fourth-order valence-electron chi connectivity index (χ4n) is 8.81. The summed E-state index contributed by atoms with van der Waals surface area (Å²) in [6.07, 6.45) is -6.46. The first-order valence-corrected chi connectivity index (χ1v) is 19.0. The molecule has 1 saturated carbocycles. The van der Waals surface area contributed by atoms with Crippen LogP contribution in [0.3, 0.4) is 0 Å². The Bertz CT molecular complexity index is 1180. The Kier molecular flexibility index (Phi) is 13.8. The van der Waals surface area contributed by atoms with Crippen molar-refractivity contribution in [1.82, 2.24) is 4.90 Å². The molecule has 0 aromatic rings. The number of aliphatic hydroxyl groups excluding tert-OH is 3. The molecule has 13 nitrogen and oxygen atoms in total. The number of hydrogen-bond donors (Lipinski definition) is 4. The first kappa shape index (κ1) is 42.5. The van der Waals surface area contributed by atoms with Crippen LogP contribution in [0.4, 0.5) is 0 Å². The molecule has 1 aliphatic carbocycles. The summed E-state index contributed by atoms with van der Waals surface area (Å²) in [5.74, 6) is -4.38. The third-order valence-electron chi connectivity index (χ3n) is 12.4. The van der Waals surface area contributed by atoms with Gasteiger partial charge in [0.1, 0.15) is 24.1 Å². The van der Waals surface area contributed by atoms with Gasteiger partial charge in [-0.25, -0.2) is 0 Å². The van der Waals surface area contributed by atoms with E-state index in [9.17, 15) is 30.0 Å². The van der Waals surface area contributed by atoms with E-state index in [2.05, 4.69) is 0 Å². The minimum atomic E-state index is -1.72. The molecular weight excluding hydrogens is 662 g/mol. The first-order valence-electron chi connectivity index (χ1n) is 19.0. The fraction of sp³-hybridized carbons (Fsp3) is 0.947. The van der Waals surface area contributed by atoms with Crippen molar-refractivity contribution in [2.45, 2.75) is 173 Å². The largest absolute Gasteiger partial charge is 0.461 e. The normalized spacial score (nSPS) is 49.7. The van der Waals surface area contributed by atoms with Crippen molar-refractivity contribution in [3.63, 3.8) is 0 Å². The average Bonchev–Trinajstić information content (AvgIpc) is 3.91. The van der Waals surface area contributed by atoms with Gasteiger partial charge in [0.2, 0.25) is 0 Å². The molecule has 0 amide bonds. The zero-order valence-electron chi connectivity index (χ0n) is 32.9. The number of carbonyl (C=O) groups is 2. The van der Waals surface area contributed by atoms with Crippen molar-refractivity contribution in [2.24, 2.45) is 35.5 Å². The van der Waals surface area contributed by atoms with E-state index < -0.39 is 102 Å². The van der Waals surface area contributed by atoms with Crippen LogP contribution in [0.25, 0.3) is 0 Å². The zero-order chi connectivity index (χ0) is 38.3. The van der Waals surface area contributed by atoms with Crippen LogP contribution in [0.2, 0.25) is 0 Å². The average molecular weight is 730 g/mol. The predicted molar refractivity (Wildman–Crippen MR) is 187 cm³/mol. The Labute approximate surface area is 304 Å². The van der Waals surface area contributed by atoms with E-state index in [1.807, 2.05) is 32.8 Å². The second-order valence-corrected chi connectivity index (χ2v) is 17.1. The van der Waals surface area contributed by atoms with Crippen molar-refractivity contribution >= 4 is 11.8 Å². The van der Waals surface area contributed by atoms with Crippen molar-refractivity contribution in [1.29, 1.82) is 0 Å². The smallest absolute Gasteiger partial charge is 0.311 e. The highest BCUT2D eigenvalue weighted by molar-refractivity contribution is 5.83. The molecule has 0 spiro atoms. The number of likely N-dealkylation sites (N-methyl/N-ethyl adjacent to an activating group) is 1. The van der Waals surface area contributed by atoms with Gasteiger partial charge < -0.3 is 53.7 Å². The van der Waals surface area contributed by atoms with Gasteiger partial charge in [-0.15, -0.1) is 0 Å². The van der Waals surface area contributed by atoms with E-state index >= 15 is 0 Å². The number of ether oxygens (including phenoxy) is 6. The van der Waals surface area contributed by atoms with Crippen molar-refractivity contribution in [3.05, 3.63) is 0 Å². The Morgan fingerprint density at radius 3 is 2.04 bits per heavy atom. The molecule has 3 aliphatic heterocycles. The Hall–Kier alpha value is -1.26. The second kappa shape index (κ2) is 16.6. The summed E-state index contributed by atoms with van der Waals surface area (Å²) in [5, 5.41) is 46.3. The molecule has 51 heavy (non-hydrogen) atoms. The highest BCUT2D eigenvalue weighted by Gasteiger charge is 2.53. The van der Waals surface area contributed by atoms with Crippen LogP contribution >= 0.6 is 0 Å².